The molecule has 0 aliphatic rings. The summed E-state index contributed by atoms with van der Waals surface area (Å²) >= 11 is 0. The van der Waals surface area contributed by atoms with Gasteiger partial charge in [-0.15, -0.1) is 0 Å². The highest BCUT2D eigenvalue weighted by atomic mass is 16.5. The van der Waals surface area contributed by atoms with Crippen LogP contribution >= 0.6 is 0 Å². The molecule has 0 radical (unpaired) electrons. The summed E-state index contributed by atoms with van der Waals surface area (Å²) in [6.07, 6.45) is 0. The first-order chi connectivity index (χ1) is 8.60. The molecule has 18 heavy (non-hydrogen) atoms. The van der Waals surface area contributed by atoms with E-state index in [0.29, 0.717) is 0 Å². The maximum atomic E-state index is 5.63. The minimum Gasteiger partial charge on any atom is -0.377 e. The van der Waals surface area contributed by atoms with E-state index < -0.39 is 0 Å². The second-order valence-electron chi connectivity index (χ2n) is 5.10. The molecule has 0 aromatic heterocycles. The van der Waals surface area contributed by atoms with Crippen molar-refractivity contribution in [2.24, 2.45) is 0 Å². The first kappa shape index (κ1) is 13.1. The number of rotatable bonds is 4. The molecule has 0 saturated carbocycles. The Labute approximate surface area is 109 Å². The van der Waals surface area contributed by atoms with E-state index in [1.807, 2.05) is 7.05 Å². The van der Waals surface area contributed by atoms with Crippen LogP contribution in [0.4, 0.5) is 0 Å². The molecule has 0 saturated heterocycles. The molecule has 0 spiro atoms. The molecule has 2 aromatic rings. The number of fused-ring (bicyclic) bond motifs is 1. The van der Waals surface area contributed by atoms with Gasteiger partial charge in [-0.1, -0.05) is 42.5 Å². The van der Waals surface area contributed by atoms with Crippen molar-refractivity contribution in [2.45, 2.75) is 25.5 Å². The summed E-state index contributed by atoms with van der Waals surface area (Å²) in [5, 5.41) is 5.92. The molecule has 96 valence electrons. The molecule has 0 amide bonds. The van der Waals surface area contributed by atoms with Crippen LogP contribution in [0.2, 0.25) is 0 Å². The Morgan fingerprint density at radius 2 is 1.72 bits per heavy atom. The van der Waals surface area contributed by atoms with Gasteiger partial charge in [0.25, 0.3) is 0 Å². The lowest BCUT2D eigenvalue weighted by Gasteiger charge is -2.34. The van der Waals surface area contributed by atoms with Gasteiger partial charge in [0, 0.05) is 7.11 Å². The lowest BCUT2D eigenvalue weighted by atomic mass is 9.88. The highest BCUT2D eigenvalue weighted by molar-refractivity contribution is 5.86. The first-order valence-corrected chi connectivity index (χ1v) is 6.30. The van der Waals surface area contributed by atoms with Crippen molar-refractivity contribution in [2.75, 3.05) is 14.2 Å². The Kier molecular flexibility index (Phi) is 3.69. The summed E-state index contributed by atoms with van der Waals surface area (Å²) in [5.74, 6) is 0. The van der Waals surface area contributed by atoms with Crippen LogP contribution in [0.3, 0.4) is 0 Å². The minimum absolute atomic E-state index is 0.161. The quantitative estimate of drug-likeness (QED) is 0.887. The van der Waals surface area contributed by atoms with Crippen molar-refractivity contribution in [1.29, 1.82) is 0 Å². The number of ether oxygens (including phenoxy) is 1. The number of likely N-dealkylation sites (N-methyl/N-ethyl adjacent to an activating group) is 1. The third-order valence-electron chi connectivity index (χ3n) is 3.64. The van der Waals surface area contributed by atoms with E-state index in [1.54, 1.807) is 7.11 Å². The Hall–Kier alpha value is -1.38. The van der Waals surface area contributed by atoms with Crippen LogP contribution in [-0.4, -0.2) is 19.8 Å². The van der Waals surface area contributed by atoms with Gasteiger partial charge < -0.3 is 10.1 Å². The normalized spacial score (nSPS) is 13.8. The smallest absolute Gasteiger partial charge is 0.0816 e. The fourth-order valence-electron chi connectivity index (χ4n) is 2.50. The molecule has 1 N–H and O–H groups in total. The van der Waals surface area contributed by atoms with Gasteiger partial charge >= 0.3 is 0 Å². The maximum Gasteiger partial charge on any atom is 0.0816 e. The lowest BCUT2D eigenvalue weighted by molar-refractivity contribution is -0.00859. The topological polar surface area (TPSA) is 21.3 Å². The van der Waals surface area contributed by atoms with Crippen molar-refractivity contribution in [3.8, 4) is 0 Å². The molecule has 1 atom stereocenters. The zero-order valence-electron chi connectivity index (χ0n) is 11.5. The number of benzene rings is 2. The molecule has 1 unspecified atom stereocenters. The molecule has 0 heterocycles. The van der Waals surface area contributed by atoms with Crippen LogP contribution in [0.15, 0.2) is 42.5 Å². The number of nitrogens with one attached hydrogen (secondary N) is 1. The second kappa shape index (κ2) is 5.09. The van der Waals surface area contributed by atoms with Crippen molar-refractivity contribution < 1.29 is 4.74 Å². The van der Waals surface area contributed by atoms with E-state index in [2.05, 4.69) is 61.6 Å². The Morgan fingerprint density at radius 3 is 2.39 bits per heavy atom. The summed E-state index contributed by atoms with van der Waals surface area (Å²) in [6, 6.07) is 15.0. The van der Waals surface area contributed by atoms with Crippen LogP contribution in [0, 0.1) is 0 Å². The Balaban J connectivity index is 2.59. The van der Waals surface area contributed by atoms with Crippen LogP contribution in [0.25, 0.3) is 10.8 Å². The molecule has 2 aromatic carbocycles. The van der Waals surface area contributed by atoms with Gasteiger partial charge in [0.2, 0.25) is 0 Å². The van der Waals surface area contributed by atoms with E-state index >= 15 is 0 Å². The molecule has 2 nitrogen and oxygen atoms in total. The van der Waals surface area contributed by atoms with Gasteiger partial charge in [-0.3, -0.25) is 0 Å². The van der Waals surface area contributed by atoms with Crippen molar-refractivity contribution in [3.63, 3.8) is 0 Å². The standard InChI is InChI=1S/C16H21NO/c1-16(2,18-4)15(17-3)14-11-7-9-12-8-5-6-10-13(12)14/h5-11,15,17H,1-4H3. The predicted octanol–water partition coefficient (Wildman–Crippen LogP) is 3.53. The van der Waals surface area contributed by atoms with Crippen molar-refractivity contribution in [3.05, 3.63) is 48.0 Å². The molecule has 2 heteroatoms. The number of hydrogen-bond donors (Lipinski definition) is 1. The van der Waals surface area contributed by atoms with Crippen LogP contribution in [0.5, 0.6) is 0 Å². The summed E-state index contributed by atoms with van der Waals surface area (Å²) in [4.78, 5) is 0. The number of hydrogen-bond acceptors (Lipinski definition) is 2. The molecule has 2 rings (SSSR count). The summed E-state index contributed by atoms with van der Waals surface area (Å²) < 4.78 is 5.63. The average Bonchev–Trinajstić information content (AvgIpc) is 2.39. The Bertz CT molecular complexity index is 528. The molecular formula is C16H21NO. The summed E-state index contributed by atoms with van der Waals surface area (Å²) in [7, 11) is 3.74. The van der Waals surface area contributed by atoms with Crippen molar-refractivity contribution in [1.82, 2.24) is 5.32 Å². The van der Waals surface area contributed by atoms with E-state index in [9.17, 15) is 0 Å². The fourth-order valence-corrected chi connectivity index (χ4v) is 2.50. The van der Waals surface area contributed by atoms with E-state index in [-0.39, 0.29) is 11.6 Å². The first-order valence-electron chi connectivity index (χ1n) is 6.30. The largest absolute Gasteiger partial charge is 0.377 e. The summed E-state index contributed by atoms with van der Waals surface area (Å²) in [6.45, 7) is 4.21. The number of methoxy groups -OCH3 is 1. The van der Waals surface area contributed by atoms with Gasteiger partial charge in [0.15, 0.2) is 0 Å². The minimum atomic E-state index is -0.251. The fraction of sp³-hybridized carbons (Fsp3) is 0.375. The molecule has 0 aliphatic carbocycles. The third-order valence-corrected chi connectivity index (χ3v) is 3.64. The van der Waals surface area contributed by atoms with Gasteiger partial charge in [-0.05, 0) is 37.2 Å². The molecule has 0 aliphatic heterocycles. The van der Waals surface area contributed by atoms with Gasteiger partial charge in [0.05, 0.1) is 11.6 Å². The highest BCUT2D eigenvalue weighted by Crippen LogP contribution is 2.32. The van der Waals surface area contributed by atoms with Crippen LogP contribution in [0.1, 0.15) is 25.5 Å². The van der Waals surface area contributed by atoms with Gasteiger partial charge in [-0.2, -0.15) is 0 Å². The van der Waals surface area contributed by atoms with Gasteiger partial charge in [-0.25, -0.2) is 0 Å². The van der Waals surface area contributed by atoms with E-state index in [4.69, 9.17) is 4.74 Å². The lowest BCUT2D eigenvalue weighted by Crippen LogP contribution is -2.39. The zero-order valence-corrected chi connectivity index (χ0v) is 11.5. The SMILES string of the molecule is CNC(c1cccc2ccccc12)C(C)(C)OC. The molecule has 0 fully saturated rings. The third kappa shape index (κ3) is 2.26. The summed E-state index contributed by atoms with van der Waals surface area (Å²) in [5.41, 5.74) is 1.03. The molecular weight excluding hydrogens is 222 g/mol. The van der Waals surface area contributed by atoms with Crippen LogP contribution < -0.4 is 5.32 Å². The second-order valence-corrected chi connectivity index (χ2v) is 5.10. The van der Waals surface area contributed by atoms with Crippen LogP contribution in [-0.2, 0) is 4.74 Å². The average molecular weight is 243 g/mol. The van der Waals surface area contributed by atoms with E-state index in [1.165, 1.54) is 16.3 Å². The van der Waals surface area contributed by atoms with E-state index in [0.717, 1.165) is 0 Å². The molecule has 0 bridgehead atoms. The maximum absolute atomic E-state index is 5.63. The zero-order chi connectivity index (χ0) is 13.2. The Morgan fingerprint density at radius 1 is 1.06 bits per heavy atom. The predicted molar refractivity (Wildman–Crippen MR) is 76.8 cm³/mol. The highest BCUT2D eigenvalue weighted by Gasteiger charge is 2.30. The van der Waals surface area contributed by atoms with Gasteiger partial charge in [0.1, 0.15) is 0 Å². The van der Waals surface area contributed by atoms with Crippen molar-refractivity contribution >= 4 is 10.8 Å². The monoisotopic (exact) mass is 243 g/mol.